The number of rotatable bonds is 1. The van der Waals surface area contributed by atoms with Gasteiger partial charge in [0.2, 0.25) is 0 Å². The van der Waals surface area contributed by atoms with Gasteiger partial charge in [-0.3, -0.25) is 0 Å². The number of hydrogen-bond acceptors (Lipinski definition) is 2. The summed E-state index contributed by atoms with van der Waals surface area (Å²) in [7, 11) is 2.19. The molecule has 0 aliphatic carbocycles. The van der Waals surface area contributed by atoms with Crippen LogP contribution in [0.25, 0.3) is 0 Å². The summed E-state index contributed by atoms with van der Waals surface area (Å²) < 4.78 is 0. The minimum absolute atomic E-state index is 0.145. The van der Waals surface area contributed by atoms with E-state index in [2.05, 4.69) is 54.5 Å². The maximum atomic E-state index is 3.66. The van der Waals surface area contributed by atoms with Gasteiger partial charge in [0.15, 0.2) is 0 Å². The van der Waals surface area contributed by atoms with Crippen molar-refractivity contribution in [2.24, 2.45) is 0 Å². The van der Waals surface area contributed by atoms with E-state index < -0.39 is 0 Å². The zero-order chi connectivity index (χ0) is 10.7. The summed E-state index contributed by atoms with van der Waals surface area (Å²) in [6, 6.07) is 10.8. The van der Waals surface area contributed by atoms with Gasteiger partial charge in [0.05, 0.1) is 0 Å². The van der Waals surface area contributed by atoms with Crippen molar-refractivity contribution in [3.05, 3.63) is 35.9 Å². The van der Waals surface area contributed by atoms with E-state index in [0.717, 1.165) is 13.1 Å². The van der Waals surface area contributed by atoms with Gasteiger partial charge in [0.25, 0.3) is 0 Å². The summed E-state index contributed by atoms with van der Waals surface area (Å²) in [6.45, 7) is 5.68. The van der Waals surface area contributed by atoms with Crippen LogP contribution in [0.1, 0.15) is 18.9 Å². The van der Waals surface area contributed by atoms with Gasteiger partial charge in [-0.1, -0.05) is 30.3 Å². The van der Waals surface area contributed by atoms with Crippen molar-refractivity contribution in [1.29, 1.82) is 0 Å². The molecular weight excluding hydrogens is 184 g/mol. The highest BCUT2D eigenvalue weighted by Gasteiger charge is 2.27. The van der Waals surface area contributed by atoms with Gasteiger partial charge in [-0.05, 0) is 32.5 Å². The lowest BCUT2D eigenvalue weighted by molar-refractivity contribution is 0.329. The Labute approximate surface area is 92.3 Å². The smallest absolute Gasteiger partial charge is 0.0418 e. The molecule has 0 amide bonds. The second kappa shape index (κ2) is 4.33. The Morgan fingerprint density at radius 2 is 1.93 bits per heavy atom. The number of nitrogens with one attached hydrogen (secondary N) is 1. The molecule has 0 saturated carbocycles. The van der Waals surface area contributed by atoms with E-state index in [1.54, 1.807) is 0 Å². The Hall–Kier alpha value is -0.860. The molecule has 1 heterocycles. The van der Waals surface area contributed by atoms with Gasteiger partial charge in [0, 0.05) is 18.6 Å². The Morgan fingerprint density at radius 1 is 1.20 bits per heavy atom. The molecule has 1 saturated heterocycles. The van der Waals surface area contributed by atoms with Crippen LogP contribution in [0.4, 0.5) is 0 Å². The molecule has 1 atom stereocenters. The Bertz CT molecular complexity index is 310. The molecule has 1 fully saturated rings. The van der Waals surface area contributed by atoms with E-state index in [9.17, 15) is 0 Å². The standard InChI is InChI=1S/C13H20N2/c1-13(12-6-4-3-5-7-12)8-10-15(2)11-9-14-13/h3-7,14H,8-11H2,1-2H3. The highest BCUT2D eigenvalue weighted by atomic mass is 15.1. The molecule has 1 aliphatic rings. The maximum Gasteiger partial charge on any atom is 0.0418 e. The molecule has 0 aromatic heterocycles. The molecule has 2 nitrogen and oxygen atoms in total. The van der Waals surface area contributed by atoms with E-state index in [1.165, 1.54) is 18.5 Å². The van der Waals surface area contributed by atoms with Gasteiger partial charge in [-0.2, -0.15) is 0 Å². The van der Waals surface area contributed by atoms with Crippen molar-refractivity contribution in [2.75, 3.05) is 26.7 Å². The summed E-state index contributed by atoms with van der Waals surface area (Å²) in [6.07, 6.45) is 1.17. The average molecular weight is 204 g/mol. The summed E-state index contributed by atoms with van der Waals surface area (Å²) in [4.78, 5) is 2.39. The van der Waals surface area contributed by atoms with Crippen LogP contribution in [0.5, 0.6) is 0 Å². The number of nitrogens with zero attached hydrogens (tertiary/aromatic N) is 1. The molecule has 1 N–H and O–H groups in total. The molecule has 2 rings (SSSR count). The van der Waals surface area contributed by atoms with Crippen LogP contribution in [-0.4, -0.2) is 31.6 Å². The number of likely N-dealkylation sites (N-methyl/N-ethyl adjacent to an activating group) is 1. The van der Waals surface area contributed by atoms with Crippen LogP contribution < -0.4 is 5.32 Å². The fourth-order valence-corrected chi connectivity index (χ4v) is 2.19. The highest BCUT2D eigenvalue weighted by molar-refractivity contribution is 5.23. The monoisotopic (exact) mass is 204 g/mol. The van der Waals surface area contributed by atoms with Crippen LogP contribution in [0.3, 0.4) is 0 Å². The second-order valence-electron chi connectivity index (χ2n) is 4.68. The van der Waals surface area contributed by atoms with Gasteiger partial charge in [-0.25, -0.2) is 0 Å². The first-order chi connectivity index (χ1) is 7.21. The van der Waals surface area contributed by atoms with E-state index in [4.69, 9.17) is 0 Å². The SMILES string of the molecule is CN1CCNC(C)(c2ccccc2)CC1. The van der Waals surface area contributed by atoms with Crippen LogP contribution in [0.15, 0.2) is 30.3 Å². The predicted molar refractivity (Wildman–Crippen MR) is 63.9 cm³/mol. The maximum absolute atomic E-state index is 3.66. The van der Waals surface area contributed by atoms with Crippen LogP contribution in [0, 0.1) is 0 Å². The zero-order valence-electron chi connectivity index (χ0n) is 9.66. The first-order valence-electron chi connectivity index (χ1n) is 5.70. The third-order valence-electron chi connectivity index (χ3n) is 3.41. The minimum atomic E-state index is 0.145. The van der Waals surface area contributed by atoms with Gasteiger partial charge in [0.1, 0.15) is 0 Å². The Morgan fingerprint density at radius 3 is 2.67 bits per heavy atom. The summed E-state index contributed by atoms with van der Waals surface area (Å²) in [5.74, 6) is 0. The third kappa shape index (κ3) is 2.39. The van der Waals surface area contributed by atoms with Crippen LogP contribution in [-0.2, 0) is 5.54 Å². The van der Waals surface area contributed by atoms with E-state index in [0.29, 0.717) is 0 Å². The summed E-state index contributed by atoms with van der Waals surface area (Å²) >= 11 is 0. The summed E-state index contributed by atoms with van der Waals surface area (Å²) in [5, 5.41) is 3.66. The van der Waals surface area contributed by atoms with Crippen molar-refractivity contribution >= 4 is 0 Å². The van der Waals surface area contributed by atoms with Crippen molar-refractivity contribution in [1.82, 2.24) is 10.2 Å². The van der Waals surface area contributed by atoms with Gasteiger partial charge in [-0.15, -0.1) is 0 Å². The third-order valence-corrected chi connectivity index (χ3v) is 3.41. The lowest BCUT2D eigenvalue weighted by Gasteiger charge is -2.29. The first-order valence-corrected chi connectivity index (χ1v) is 5.70. The largest absolute Gasteiger partial charge is 0.306 e. The fourth-order valence-electron chi connectivity index (χ4n) is 2.19. The molecule has 2 heteroatoms. The molecule has 0 bridgehead atoms. The zero-order valence-corrected chi connectivity index (χ0v) is 9.66. The lowest BCUT2D eigenvalue weighted by Crippen LogP contribution is -2.39. The lowest BCUT2D eigenvalue weighted by atomic mass is 9.89. The first kappa shape index (κ1) is 10.7. The molecular formula is C13H20N2. The Balaban J connectivity index is 2.19. The van der Waals surface area contributed by atoms with Gasteiger partial charge >= 0.3 is 0 Å². The average Bonchev–Trinajstić information content (AvgIpc) is 2.44. The fraction of sp³-hybridized carbons (Fsp3) is 0.538. The topological polar surface area (TPSA) is 15.3 Å². The van der Waals surface area contributed by atoms with Gasteiger partial charge < -0.3 is 10.2 Å². The van der Waals surface area contributed by atoms with Crippen molar-refractivity contribution in [2.45, 2.75) is 18.9 Å². The van der Waals surface area contributed by atoms with Crippen LogP contribution in [0.2, 0.25) is 0 Å². The normalized spacial score (nSPS) is 28.7. The minimum Gasteiger partial charge on any atom is -0.306 e. The molecule has 1 aliphatic heterocycles. The summed E-state index contributed by atoms with van der Waals surface area (Å²) in [5.41, 5.74) is 1.55. The molecule has 15 heavy (non-hydrogen) atoms. The van der Waals surface area contributed by atoms with Crippen LogP contribution >= 0.6 is 0 Å². The second-order valence-corrected chi connectivity index (χ2v) is 4.68. The van der Waals surface area contributed by atoms with Crippen molar-refractivity contribution in [3.8, 4) is 0 Å². The number of benzene rings is 1. The predicted octanol–water partition coefficient (Wildman–Crippen LogP) is 1.83. The van der Waals surface area contributed by atoms with E-state index >= 15 is 0 Å². The van der Waals surface area contributed by atoms with Crippen molar-refractivity contribution < 1.29 is 0 Å². The highest BCUT2D eigenvalue weighted by Crippen LogP contribution is 2.25. The van der Waals surface area contributed by atoms with E-state index in [1.807, 2.05) is 0 Å². The quantitative estimate of drug-likeness (QED) is 0.751. The number of hydrogen-bond donors (Lipinski definition) is 1. The van der Waals surface area contributed by atoms with E-state index in [-0.39, 0.29) is 5.54 Å². The molecule has 82 valence electrons. The molecule has 1 aromatic carbocycles. The Kier molecular flexibility index (Phi) is 3.08. The molecule has 1 unspecified atom stereocenters. The molecule has 1 aromatic rings. The van der Waals surface area contributed by atoms with Crippen molar-refractivity contribution in [3.63, 3.8) is 0 Å². The molecule has 0 spiro atoms. The molecule has 0 radical (unpaired) electrons.